The lowest BCUT2D eigenvalue weighted by molar-refractivity contribution is -0.190. The molecule has 186 valence electrons. The summed E-state index contributed by atoms with van der Waals surface area (Å²) < 4.78 is 92.9. The molecule has 1 fully saturated rings. The highest BCUT2D eigenvalue weighted by Gasteiger charge is 2.42. The Morgan fingerprint density at radius 2 is 1.83 bits per heavy atom. The molecular formula is C17H14F3N7O6S2. The number of nitrogens with two attached hydrogens (primary N) is 1. The van der Waals surface area contributed by atoms with E-state index in [1.807, 2.05) is 0 Å². The summed E-state index contributed by atoms with van der Waals surface area (Å²) in [7, 11) is -8.85. The molecule has 0 bridgehead atoms. The van der Waals surface area contributed by atoms with E-state index in [4.69, 9.17) is 5.14 Å². The minimum Gasteiger partial charge on any atom is -0.401 e. The van der Waals surface area contributed by atoms with Crippen LogP contribution in [0.5, 0.6) is 5.88 Å². The Labute approximate surface area is 194 Å². The number of esters is 1. The number of pyridine rings is 1. The molecule has 13 nitrogen and oxygen atoms in total. The number of ether oxygens (including phenoxy) is 1. The average Bonchev–Trinajstić information content (AvgIpc) is 3.25. The fraction of sp³-hybridized carbons (Fsp3) is 0.235. The molecule has 0 radical (unpaired) electrons. The molecule has 18 heteroatoms. The predicted molar refractivity (Wildman–Crippen MR) is 110 cm³/mol. The Morgan fingerprint density at radius 1 is 1.11 bits per heavy atom. The van der Waals surface area contributed by atoms with Gasteiger partial charge in [-0.2, -0.15) is 18.4 Å². The van der Waals surface area contributed by atoms with Crippen molar-refractivity contribution in [2.24, 2.45) is 5.14 Å². The van der Waals surface area contributed by atoms with Crippen molar-refractivity contribution in [1.29, 1.82) is 0 Å². The molecule has 0 saturated carbocycles. The van der Waals surface area contributed by atoms with Crippen LogP contribution in [-0.4, -0.2) is 72.9 Å². The maximum atomic E-state index is 13.1. The van der Waals surface area contributed by atoms with Gasteiger partial charge >= 0.3 is 12.1 Å². The van der Waals surface area contributed by atoms with Gasteiger partial charge in [0.15, 0.2) is 9.84 Å². The lowest BCUT2D eigenvalue weighted by Crippen LogP contribution is -2.51. The average molecular weight is 533 g/mol. The second kappa shape index (κ2) is 8.63. The molecule has 1 saturated heterocycles. The lowest BCUT2D eigenvalue weighted by atomic mass is 10.0. The molecule has 4 N–H and O–H groups in total. The third-order valence-corrected chi connectivity index (χ3v) is 8.23. The number of primary sulfonamides is 1. The molecular weight excluding hydrogens is 519 g/mol. The van der Waals surface area contributed by atoms with Crippen LogP contribution in [0.4, 0.5) is 13.2 Å². The number of aromatic amines is 1. The third-order valence-electron chi connectivity index (χ3n) is 4.94. The third kappa shape index (κ3) is 4.72. The number of hydrogen-bond donors (Lipinski definition) is 3. The van der Waals surface area contributed by atoms with Crippen molar-refractivity contribution < 1.29 is 39.5 Å². The molecule has 3 aromatic rings. The number of sulfone groups is 1. The zero-order valence-electron chi connectivity index (χ0n) is 17.1. The minimum atomic E-state index is -5.24. The van der Waals surface area contributed by atoms with Crippen LogP contribution >= 0.6 is 0 Å². The number of nitrogens with zero attached hydrogens (tertiary/aromatic N) is 4. The van der Waals surface area contributed by atoms with E-state index < -0.39 is 52.9 Å². The molecule has 0 unspecified atom stereocenters. The Balaban J connectivity index is 1.90. The summed E-state index contributed by atoms with van der Waals surface area (Å²) in [5.74, 6) is -3.48. The molecule has 1 aliphatic rings. The highest BCUT2D eigenvalue weighted by Crippen LogP contribution is 2.40. The molecule has 2 aromatic heterocycles. The van der Waals surface area contributed by atoms with Crippen LogP contribution in [0.3, 0.4) is 0 Å². The highest BCUT2D eigenvalue weighted by atomic mass is 32.2. The van der Waals surface area contributed by atoms with Crippen LogP contribution in [-0.2, 0) is 24.7 Å². The second-order valence-corrected chi connectivity index (χ2v) is 10.9. The Bertz CT molecular complexity index is 1490. The summed E-state index contributed by atoms with van der Waals surface area (Å²) in [5, 5.41) is 20.3. The van der Waals surface area contributed by atoms with E-state index in [0.717, 1.165) is 18.3 Å². The van der Waals surface area contributed by atoms with E-state index in [1.165, 1.54) is 12.1 Å². The van der Waals surface area contributed by atoms with Gasteiger partial charge in [-0.05, 0) is 22.9 Å². The molecule has 1 aromatic carbocycles. The van der Waals surface area contributed by atoms with Gasteiger partial charge in [-0.1, -0.05) is 6.07 Å². The minimum absolute atomic E-state index is 0.0160. The van der Waals surface area contributed by atoms with Gasteiger partial charge in [0.05, 0.1) is 15.7 Å². The van der Waals surface area contributed by atoms with Crippen molar-refractivity contribution in [2.75, 3.05) is 13.1 Å². The van der Waals surface area contributed by atoms with Crippen LogP contribution < -0.4 is 15.2 Å². The fourth-order valence-corrected chi connectivity index (χ4v) is 6.40. The topological polar surface area (TPSA) is 200 Å². The normalized spacial score (nSPS) is 15.0. The second-order valence-electron chi connectivity index (χ2n) is 7.19. The molecule has 0 aliphatic carbocycles. The highest BCUT2D eigenvalue weighted by molar-refractivity contribution is 7.94. The van der Waals surface area contributed by atoms with Crippen molar-refractivity contribution in [1.82, 2.24) is 30.9 Å². The summed E-state index contributed by atoms with van der Waals surface area (Å²) in [6.07, 6.45) is -4.26. The van der Waals surface area contributed by atoms with Crippen LogP contribution in [0, 0.1) is 0 Å². The van der Waals surface area contributed by atoms with Gasteiger partial charge in [-0.15, -0.1) is 10.2 Å². The van der Waals surface area contributed by atoms with Gasteiger partial charge in [0, 0.05) is 30.9 Å². The number of rotatable bonds is 6. The van der Waals surface area contributed by atoms with Crippen LogP contribution in [0.25, 0.3) is 22.5 Å². The van der Waals surface area contributed by atoms with Gasteiger partial charge in [0.2, 0.25) is 21.7 Å². The maximum absolute atomic E-state index is 13.1. The van der Waals surface area contributed by atoms with E-state index in [2.05, 4.69) is 35.7 Å². The molecule has 0 spiro atoms. The number of alkyl halides is 3. The molecule has 35 heavy (non-hydrogen) atoms. The number of sulfonamides is 1. The predicted octanol–water partition coefficient (Wildman–Crippen LogP) is -0.211. The van der Waals surface area contributed by atoms with Gasteiger partial charge < -0.3 is 10.1 Å². The first kappa shape index (κ1) is 24.6. The number of hydrogen-bond acceptors (Lipinski definition) is 11. The number of benzene rings is 1. The summed E-state index contributed by atoms with van der Waals surface area (Å²) in [6.45, 7) is 0.210. The van der Waals surface area contributed by atoms with E-state index in [9.17, 15) is 34.8 Å². The molecule has 0 atom stereocenters. The Hall–Kier alpha value is -3.48. The summed E-state index contributed by atoms with van der Waals surface area (Å²) >= 11 is 0. The number of H-pyrrole nitrogens is 1. The van der Waals surface area contributed by atoms with Gasteiger partial charge in [0.25, 0.3) is 0 Å². The van der Waals surface area contributed by atoms with Crippen molar-refractivity contribution in [3.05, 3.63) is 30.5 Å². The summed E-state index contributed by atoms with van der Waals surface area (Å²) in [5.41, 5.74) is -0.213. The number of halogens is 3. The number of carbonyl (C=O) groups excluding carboxylic acids is 1. The fourth-order valence-electron chi connectivity index (χ4n) is 3.21. The SMILES string of the molecule is NS(=O)(=O)c1c(S(=O)(=O)C2CNC2)ccc(-c2ccc(OC(=O)C(F)(F)F)nc2)c1-c1nn[nH]n1. The standard InChI is InChI=1S/C17H14F3N7O6S2/c18-17(19,20)16(28)33-12-4-1-8(5-23-12)10-2-3-11(34(29,30)9-6-22-7-9)14(35(21,31)32)13(10)15-24-26-27-25-15/h1-5,9,22H,6-7H2,(H2,21,31,32)(H,24,25,26,27). The summed E-state index contributed by atoms with van der Waals surface area (Å²) in [4.78, 5) is 13.3. The Kier molecular flexibility index (Phi) is 6.07. The number of nitrogens with one attached hydrogen (secondary N) is 2. The van der Waals surface area contributed by atoms with Crippen molar-refractivity contribution in [3.8, 4) is 28.4 Å². The van der Waals surface area contributed by atoms with Crippen molar-refractivity contribution in [3.63, 3.8) is 0 Å². The first-order valence-electron chi connectivity index (χ1n) is 9.44. The molecule has 3 heterocycles. The number of aromatic nitrogens is 5. The molecule has 1 aliphatic heterocycles. The van der Waals surface area contributed by atoms with E-state index in [-0.39, 0.29) is 35.6 Å². The Morgan fingerprint density at radius 3 is 2.31 bits per heavy atom. The maximum Gasteiger partial charge on any atom is 0.491 e. The van der Waals surface area contributed by atoms with Gasteiger partial charge in [0.1, 0.15) is 4.90 Å². The summed E-state index contributed by atoms with van der Waals surface area (Å²) in [6, 6.07) is 4.39. The smallest absolute Gasteiger partial charge is 0.401 e. The zero-order valence-corrected chi connectivity index (χ0v) is 18.8. The van der Waals surface area contributed by atoms with Crippen LogP contribution in [0.2, 0.25) is 0 Å². The lowest BCUT2D eigenvalue weighted by Gasteiger charge is -2.28. The van der Waals surface area contributed by atoms with Gasteiger partial charge in [-0.25, -0.2) is 31.8 Å². The first-order chi connectivity index (χ1) is 16.3. The van der Waals surface area contributed by atoms with Gasteiger partial charge in [-0.3, -0.25) is 0 Å². The van der Waals surface area contributed by atoms with Crippen molar-refractivity contribution in [2.45, 2.75) is 21.2 Å². The van der Waals surface area contributed by atoms with Crippen LogP contribution in [0.15, 0.2) is 40.3 Å². The van der Waals surface area contributed by atoms with E-state index in [0.29, 0.717) is 0 Å². The largest absolute Gasteiger partial charge is 0.491 e. The zero-order chi connectivity index (χ0) is 25.6. The molecule has 0 amide bonds. The van der Waals surface area contributed by atoms with Crippen molar-refractivity contribution >= 4 is 25.8 Å². The van der Waals surface area contributed by atoms with E-state index in [1.54, 1.807) is 0 Å². The van der Waals surface area contributed by atoms with Crippen LogP contribution in [0.1, 0.15) is 0 Å². The number of tetrazole rings is 1. The first-order valence-corrected chi connectivity index (χ1v) is 12.5. The monoisotopic (exact) mass is 533 g/mol. The quantitative estimate of drug-likeness (QED) is 0.354. The molecule has 4 rings (SSSR count). The number of carbonyl (C=O) groups is 1. The van der Waals surface area contributed by atoms with E-state index >= 15 is 0 Å².